The lowest BCUT2D eigenvalue weighted by Crippen LogP contribution is -2.23. The van der Waals surface area contributed by atoms with Gasteiger partial charge >= 0.3 is 23.9 Å². The number of ether oxygens (including phenoxy) is 5. The minimum absolute atomic E-state index is 0.00333. The van der Waals surface area contributed by atoms with E-state index in [0.717, 1.165) is 0 Å². The van der Waals surface area contributed by atoms with Crippen molar-refractivity contribution in [1.82, 2.24) is 0 Å². The van der Waals surface area contributed by atoms with Crippen LogP contribution in [0.4, 0.5) is 0 Å². The lowest BCUT2D eigenvalue weighted by atomic mass is 10.3. The number of aliphatic hydroxyl groups excluding tert-OH is 1. The van der Waals surface area contributed by atoms with E-state index in [2.05, 4.69) is 25.3 Å². The van der Waals surface area contributed by atoms with Gasteiger partial charge in [-0.1, -0.05) is 0 Å². The predicted molar refractivity (Wildman–Crippen MR) is 85.5 cm³/mol. The number of hydrogen-bond acceptors (Lipinski definition) is 11. The van der Waals surface area contributed by atoms with Gasteiger partial charge in [0.05, 0.1) is 37.9 Å². The molecule has 0 aromatic heterocycles. The third-order valence-corrected chi connectivity index (χ3v) is 2.97. The Morgan fingerprint density at radius 2 is 1.71 bits per heavy atom. The van der Waals surface area contributed by atoms with Gasteiger partial charge in [0, 0.05) is 0 Å². The highest BCUT2D eigenvalue weighted by Gasteiger charge is 2.28. The molecule has 0 radical (unpaired) electrons. The third-order valence-electron chi connectivity index (χ3n) is 2.45. The largest absolute Gasteiger partial charge is 0.459 e. The standard InChI is InChI=1S/C13H18O9S2/c14-1-2-18-5-9(12(17)20-4-8-3-19-8)13(21-10(15)6-23)22-11(16)7-24/h8,14,23-24H,1-7H2. The number of carbonyl (C=O) groups excluding carboxylic acids is 3. The summed E-state index contributed by atoms with van der Waals surface area (Å²) >= 11 is 7.47. The van der Waals surface area contributed by atoms with Crippen molar-refractivity contribution >= 4 is 43.2 Å². The van der Waals surface area contributed by atoms with E-state index in [1.807, 2.05) is 0 Å². The molecule has 1 saturated heterocycles. The number of rotatable bonds is 11. The van der Waals surface area contributed by atoms with E-state index < -0.39 is 30.5 Å². The lowest BCUT2D eigenvalue weighted by Gasteiger charge is -2.14. The van der Waals surface area contributed by atoms with Crippen LogP contribution in [-0.2, 0) is 38.1 Å². The molecule has 0 aromatic rings. The highest BCUT2D eigenvalue weighted by Crippen LogP contribution is 2.15. The van der Waals surface area contributed by atoms with Gasteiger partial charge in [0.2, 0.25) is 0 Å². The number of epoxide rings is 1. The summed E-state index contributed by atoms with van der Waals surface area (Å²) in [5.74, 6) is -3.88. The van der Waals surface area contributed by atoms with E-state index in [1.165, 1.54) is 0 Å². The number of hydrogen-bond donors (Lipinski definition) is 3. The molecule has 1 aliphatic heterocycles. The highest BCUT2D eigenvalue weighted by molar-refractivity contribution is 7.81. The van der Waals surface area contributed by atoms with Crippen LogP contribution in [0.25, 0.3) is 0 Å². The molecule has 1 atom stereocenters. The number of thiol groups is 2. The van der Waals surface area contributed by atoms with E-state index in [9.17, 15) is 14.4 Å². The summed E-state index contributed by atoms with van der Waals surface area (Å²) in [6.45, 7) is -0.308. The molecule has 0 aliphatic carbocycles. The Labute approximate surface area is 149 Å². The first-order chi connectivity index (χ1) is 11.5. The zero-order valence-electron chi connectivity index (χ0n) is 12.6. The monoisotopic (exact) mass is 382 g/mol. The van der Waals surface area contributed by atoms with Crippen LogP contribution in [0.2, 0.25) is 0 Å². The fourth-order valence-electron chi connectivity index (χ4n) is 1.28. The molecule has 24 heavy (non-hydrogen) atoms. The van der Waals surface area contributed by atoms with Crippen LogP contribution < -0.4 is 0 Å². The summed E-state index contributed by atoms with van der Waals surface area (Å²) in [5.41, 5.74) is -0.325. The Hall–Kier alpha value is -1.27. The minimum atomic E-state index is -0.905. The normalized spacial score (nSPS) is 15.4. The molecule has 1 heterocycles. The molecule has 1 rings (SSSR count). The second kappa shape index (κ2) is 11.3. The number of carbonyl (C=O) groups is 3. The van der Waals surface area contributed by atoms with Crippen molar-refractivity contribution < 1.29 is 43.2 Å². The summed E-state index contributed by atoms with van der Waals surface area (Å²) in [6.07, 6.45) is -0.183. The predicted octanol–water partition coefficient (Wildman–Crippen LogP) is -0.905. The Balaban J connectivity index is 2.94. The summed E-state index contributed by atoms with van der Waals surface area (Å²) in [4.78, 5) is 35.0. The van der Waals surface area contributed by atoms with Crippen LogP contribution in [0.15, 0.2) is 11.5 Å². The molecule has 1 unspecified atom stereocenters. The van der Waals surface area contributed by atoms with Crippen LogP contribution in [0.5, 0.6) is 0 Å². The summed E-state index contributed by atoms with van der Waals surface area (Å²) in [7, 11) is 0. The molecule has 0 aromatic carbocycles. The molecule has 1 N–H and O–H groups in total. The smallest absolute Gasteiger partial charge is 0.343 e. The van der Waals surface area contributed by atoms with Crippen molar-refractivity contribution in [2.75, 3.05) is 44.5 Å². The third kappa shape index (κ3) is 8.02. The van der Waals surface area contributed by atoms with Crippen LogP contribution in [0.3, 0.4) is 0 Å². The molecule has 0 amide bonds. The van der Waals surface area contributed by atoms with Crippen molar-refractivity contribution in [1.29, 1.82) is 0 Å². The molecule has 1 aliphatic rings. The number of aliphatic hydroxyl groups is 1. The summed E-state index contributed by atoms with van der Waals surface area (Å²) in [5, 5.41) is 8.74. The van der Waals surface area contributed by atoms with Gasteiger partial charge in [-0.3, -0.25) is 9.59 Å². The van der Waals surface area contributed by atoms with Gasteiger partial charge in [-0.25, -0.2) is 4.79 Å². The van der Waals surface area contributed by atoms with Gasteiger partial charge < -0.3 is 28.8 Å². The lowest BCUT2D eigenvalue weighted by molar-refractivity contribution is -0.151. The van der Waals surface area contributed by atoms with Gasteiger partial charge in [-0.15, -0.1) is 0 Å². The maximum Gasteiger partial charge on any atom is 0.343 e. The van der Waals surface area contributed by atoms with Crippen molar-refractivity contribution in [2.45, 2.75) is 6.10 Å². The molecule has 0 saturated carbocycles. The molecule has 0 bridgehead atoms. The highest BCUT2D eigenvalue weighted by atomic mass is 32.1. The molecule has 1 fully saturated rings. The van der Waals surface area contributed by atoms with Gasteiger partial charge in [0.1, 0.15) is 18.3 Å². The summed E-state index contributed by atoms with van der Waals surface area (Å²) in [6, 6.07) is 0. The van der Waals surface area contributed by atoms with Crippen LogP contribution in [-0.4, -0.2) is 73.7 Å². The first-order valence-electron chi connectivity index (χ1n) is 6.85. The molecule has 9 nitrogen and oxygen atoms in total. The Bertz CT molecular complexity index is 468. The van der Waals surface area contributed by atoms with Crippen LogP contribution >= 0.6 is 25.3 Å². The Morgan fingerprint density at radius 1 is 1.12 bits per heavy atom. The fraction of sp³-hybridized carbons (Fsp3) is 0.615. The van der Waals surface area contributed by atoms with Crippen molar-refractivity contribution in [2.24, 2.45) is 0 Å². The van der Waals surface area contributed by atoms with Crippen molar-refractivity contribution in [3.8, 4) is 0 Å². The van der Waals surface area contributed by atoms with Gasteiger partial charge in [-0.2, -0.15) is 25.3 Å². The maximum atomic E-state index is 12.2. The molecule has 136 valence electrons. The zero-order valence-corrected chi connectivity index (χ0v) is 14.4. The van der Waals surface area contributed by atoms with Crippen LogP contribution in [0, 0.1) is 0 Å². The second-order valence-electron chi connectivity index (χ2n) is 4.36. The molecular weight excluding hydrogens is 364 g/mol. The van der Waals surface area contributed by atoms with E-state index >= 15 is 0 Å². The molecule has 11 heteroatoms. The topological polar surface area (TPSA) is 121 Å². The zero-order chi connectivity index (χ0) is 17.9. The van der Waals surface area contributed by atoms with Gasteiger partial charge in [0.15, 0.2) is 0 Å². The van der Waals surface area contributed by atoms with Crippen molar-refractivity contribution in [3.63, 3.8) is 0 Å². The van der Waals surface area contributed by atoms with E-state index in [1.54, 1.807) is 0 Å². The molecule has 0 spiro atoms. The average Bonchev–Trinajstić information content (AvgIpc) is 3.40. The molecular formula is C13H18O9S2. The average molecular weight is 382 g/mol. The summed E-state index contributed by atoms with van der Waals surface area (Å²) < 4.78 is 24.6. The van der Waals surface area contributed by atoms with E-state index in [-0.39, 0.29) is 43.0 Å². The Morgan fingerprint density at radius 3 is 2.17 bits per heavy atom. The van der Waals surface area contributed by atoms with Gasteiger partial charge in [-0.05, 0) is 0 Å². The van der Waals surface area contributed by atoms with E-state index in [4.69, 9.17) is 28.8 Å². The van der Waals surface area contributed by atoms with E-state index in [0.29, 0.717) is 6.61 Å². The number of esters is 3. The first-order valence-corrected chi connectivity index (χ1v) is 8.11. The van der Waals surface area contributed by atoms with Gasteiger partial charge in [0.25, 0.3) is 0 Å². The van der Waals surface area contributed by atoms with Crippen LogP contribution in [0.1, 0.15) is 0 Å². The van der Waals surface area contributed by atoms with Crippen molar-refractivity contribution in [3.05, 3.63) is 11.5 Å². The second-order valence-corrected chi connectivity index (χ2v) is 4.99. The fourth-order valence-corrected chi connectivity index (χ4v) is 1.40. The quantitative estimate of drug-likeness (QED) is 0.104. The minimum Gasteiger partial charge on any atom is -0.459 e. The Kier molecular flexibility index (Phi) is 9.79. The maximum absolute atomic E-state index is 12.2. The SMILES string of the molecule is O=C(CS)OC(OC(=O)CS)=C(COCCO)C(=O)OCC1CO1. The first kappa shape index (κ1) is 20.8.